The van der Waals surface area contributed by atoms with Crippen molar-refractivity contribution >= 4 is 11.6 Å². The fraction of sp³-hybridized carbons (Fsp3) is 0.538. The summed E-state index contributed by atoms with van der Waals surface area (Å²) in [5, 5.41) is 5.75. The van der Waals surface area contributed by atoms with Gasteiger partial charge in [-0.2, -0.15) is 0 Å². The Morgan fingerprint density at radius 3 is 2.38 bits per heavy atom. The molecule has 2 N–H and O–H groups in total. The number of pyridine rings is 1. The molecule has 0 spiro atoms. The first-order chi connectivity index (χ1) is 17.5. The van der Waals surface area contributed by atoms with E-state index in [2.05, 4.69) is 22.6 Å². The summed E-state index contributed by atoms with van der Waals surface area (Å²) in [4.78, 5) is 28.4. The number of halogens is 5. The second-order valence-corrected chi connectivity index (χ2v) is 10.6. The third-order valence-electron chi connectivity index (χ3n) is 8.14. The number of hydrogen-bond acceptors (Lipinski definition) is 4. The number of nitrogens with zero attached hydrogens (tertiary/aromatic N) is 2. The largest absolute Gasteiger partial charge is 0.384 e. The van der Waals surface area contributed by atoms with Crippen LogP contribution in [0.5, 0.6) is 0 Å². The number of anilines is 1. The molecule has 11 heteroatoms. The average Bonchev–Trinajstić information content (AvgIpc) is 3.72. The molecule has 3 aliphatic rings. The number of piperidine rings is 1. The van der Waals surface area contributed by atoms with Gasteiger partial charge < -0.3 is 20.1 Å². The third kappa shape index (κ3) is 4.62. The minimum Gasteiger partial charge on any atom is -0.384 e. The Labute approximate surface area is 210 Å². The van der Waals surface area contributed by atoms with Gasteiger partial charge in [0.05, 0.1) is 22.9 Å². The molecule has 1 aromatic carbocycles. The number of alkyl halides is 4. The van der Waals surface area contributed by atoms with Crippen molar-refractivity contribution in [3.05, 3.63) is 63.3 Å². The van der Waals surface area contributed by atoms with Crippen molar-refractivity contribution in [3.8, 4) is 0 Å². The second-order valence-electron chi connectivity index (χ2n) is 10.6. The molecule has 1 aromatic heterocycles. The first-order valence-electron chi connectivity index (χ1n) is 12.4. The van der Waals surface area contributed by atoms with Crippen LogP contribution in [0.1, 0.15) is 53.7 Å². The smallest absolute Gasteiger partial charge is 0.266 e. The molecule has 2 heterocycles. The molecule has 2 saturated carbocycles. The molecule has 3 fully saturated rings. The van der Waals surface area contributed by atoms with Crippen LogP contribution in [0.15, 0.2) is 35.3 Å². The van der Waals surface area contributed by atoms with E-state index in [1.807, 2.05) is 0 Å². The van der Waals surface area contributed by atoms with Gasteiger partial charge in [0.25, 0.3) is 24.3 Å². The molecule has 200 valence electrons. The zero-order chi connectivity index (χ0) is 26.6. The summed E-state index contributed by atoms with van der Waals surface area (Å²) in [7, 11) is 2.05. The molecule has 5 rings (SSSR count). The Balaban J connectivity index is 1.41. The predicted octanol–water partition coefficient (Wildman–Crippen LogP) is 4.39. The lowest BCUT2D eigenvalue weighted by Gasteiger charge is -2.22. The van der Waals surface area contributed by atoms with Crippen molar-refractivity contribution in [3.63, 3.8) is 0 Å². The Kier molecular flexibility index (Phi) is 6.54. The van der Waals surface area contributed by atoms with Crippen LogP contribution in [0.4, 0.5) is 27.6 Å². The molecular formula is C26H29F5N4O2. The Hall–Kier alpha value is -2.95. The van der Waals surface area contributed by atoms with Crippen molar-refractivity contribution in [1.29, 1.82) is 0 Å². The number of amides is 1. The molecule has 1 aliphatic heterocycles. The summed E-state index contributed by atoms with van der Waals surface area (Å²) in [6.07, 6.45) is -4.45. The lowest BCUT2D eigenvalue weighted by atomic mass is 10.0. The fourth-order valence-electron chi connectivity index (χ4n) is 5.71. The van der Waals surface area contributed by atoms with Gasteiger partial charge in [-0.1, -0.05) is 18.2 Å². The molecule has 2 aliphatic carbocycles. The normalized spacial score (nSPS) is 24.7. The average molecular weight is 525 g/mol. The van der Waals surface area contributed by atoms with Crippen molar-refractivity contribution < 1.29 is 26.7 Å². The summed E-state index contributed by atoms with van der Waals surface area (Å²) in [6.45, 7) is 3.92. The number of rotatable bonds is 9. The topological polar surface area (TPSA) is 66.4 Å². The van der Waals surface area contributed by atoms with Crippen LogP contribution in [0.3, 0.4) is 0 Å². The van der Waals surface area contributed by atoms with Gasteiger partial charge in [-0.25, -0.2) is 22.0 Å². The van der Waals surface area contributed by atoms with Gasteiger partial charge in [0.15, 0.2) is 0 Å². The SMILES string of the molecule is C[C@@H](NC(=O)c1cn(C2(C(F)F)CC2)c(=O)cc1NC[C@@H]1[C@H]2CN(C)C[C@@H]12)c1cccc(C(F)F)c1F. The zero-order valence-electron chi connectivity index (χ0n) is 20.5. The van der Waals surface area contributed by atoms with E-state index >= 15 is 0 Å². The Bertz CT molecular complexity index is 1250. The number of likely N-dealkylation sites (tertiary alicyclic amines) is 1. The van der Waals surface area contributed by atoms with Gasteiger partial charge in [-0.05, 0) is 44.6 Å². The number of benzene rings is 1. The third-order valence-corrected chi connectivity index (χ3v) is 8.14. The number of fused-ring (bicyclic) bond motifs is 1. The highest BCUT2D eigenvalue weighted by atomic mass is 19.3. The van der Waals surface area contributed by atoms with Gasteiger partial charge in [-0.15, -0.1) is 0 Å². The van der Waals surface area contributed by atoms with Gasteiger partial charge in [0.1, 0.15) is 11.4 Å². The van der Waals surface area contributed by atoms with E-state index < -0.39 is 47.3 Å². The van der Waals surface area contributed by atoms with Crippen molar-refractivity contribution in [2.24, 2.45) is 17.8 Å². The predicted molar refractivity (Wildman–Crippen MR) is 128 cm³/mol. The molecule has 4 atom stereocenters. The van der Waals surface area contributed by atoms with E-state index in [4.69, 9.17) is 0 Å². The van der Waals surface area contributed by atoms with Crippen LogP contribution in [0, 0.1) is 23.6 Å². The van der Waals surface area contributed by atoms with Crippen LogP contribution in [-0.4, -0.2) is 48.5 Å². The highest BCUT2D eigenvalue weighted by Gasteiger charge is 2.55. The lowest BCUT2D eigenvalue weighted by Crippen LogP contribution is -2.37. The quantitative estimate of drug-likeness (QED) is 0.478. The van der Waals surface area contributed by atoms with Gasteiger partial charge in [-0.3, -0.25) is 9.59 Å². The minimum absolute atomic E-state index is 0.0354. The maximum atomic E-state index is 14.7. The molecule has 2 aromatic rings. The van der Waals surface area contributed by atoms with E-state index in [0.29, 0.717) is 24.3 Å². The van der Waals surface area contributed by atoms with Crippen molar-refractivity contribution in [2.45, 2.75) is 44.2 Å². The second kappa shape index (κ2) is 9.41. The summed E-state index contributed by atoms with van der Waals surface area (Å²) in [6, 6.07) is 3.71. The molecule has 6 nitrogen and oxygen atoms in total. The molecule has 1 saturated heterocycles. The van der Waals surface area contributed by atoms with E-state index in [1.165, 1.54) is 19.1 Å². The highest BCUT2D eigenvalue weighted by molar-refractivity contribution is 5.99. The maximum absolute atomic E-state index is 14.7. The van der Waals surface area contributed by atoms with Gasteiger partial charge >= 0.3 is 0 Å². The maximum Gasteiger partial charge on any atom is 0.266 e. The highest BCUT2D eigenvalue weighted by Crippen LogP contribution is 2.51. The first-order valence-corrected chi connectivity index (χ1v) is 12.4. The summed E-state index contributed by atoms with van der Waals surface area (Å²) >= 11 is 0. The molecular weight excluding hydrogens is 495 g/mol. The van der Waals surface area contributed by atoms with Crippen LogP contribution >= 0.6 is 0 Å². The summed E-state index contributed by atoms with van der Waals surface area (Å²) in [5.41, 5.74) is -3.02. The molecule has 1 amide bonds. The van der Waals surface area contributed by atoms with E-state index in [0.717, 1.165) is 36.0 Å². The number of carbonyl (C=O) groups is 1. The summed E-state index contributed by atoms with van der Waals surface area (Å²) in [5.74, 6) is -0.391. The van der Waals surface area contributed by atoms with E-state index in [9.17, 15) is 31.5 Å². The number of carbonyl (C=O) groups excluding carboxylic acids is 1. The Morgan fingerprint density at radius 2 is 1.78 bits per heavy atom. The number of nitrogens with one attached hydrogen (secondary N) is 2. The van der Waals surface area contributed by atoms with E-state index in [-0.39, 0.29) is 29.7 Å². The zero-order valence-corrected chi connectivity index (χ0v) is 20.5. The number of aromatic nitrogens is 1. The number of hydrogen-bond donors (Lipinski definition) is 2. The van der Waals surface area contributed by atoms with Crippen molar-refractivity contribution in [1.82, 2.24) is 14.8 Å². The summed E-state index contributed by atoms with van der Waals surface area (Å²) < 4.78 is 69.5. The van der Waals surface area contributed by atoms with Gasteiger partial charge in [0, 0.05) is 37.5 Å². The van der Waals surface area contributed by atoms with Crippen molar-refractivity contribution in [2.75, 3.05) is 32.0 Å². The molecule has 0 unspecified atom stereocenters. The van der Waals surface area contributed by atoms with E-state index in [1.54, 1.807) is 0 Å². The van der Waals surface area contributed by atoms with Crippen LogP contribution < -0.4 is 16.2 Å². The fourth-order valence-corrected chi connectivity index (χ4v) is 5.71. The van der Waals surface area contributed by atoms with Crippen LogP contribution in [0.2, 0.25) is 0 Å². The monoisotopic (exact) mass is 524 g/mol. The molecule has 0 bridgehead atoms. The first kappa shape index (κ1) is 25.7. The molecule has 37 heavy (non-hydrogen) atoms. The minimum atomic E-state index is -3.02. The Morgan fingerprint density at radius 1 is 1.14 bits per heavy atom. The van der Waals surface area contributed by atoms with Crippen LogP contribution in [0.25, 0.3) is 0 Å². The van der Waals surface area contributed by atoms with Crippen LogP contribution in [-0.2, 0) is 5.54 Å². The molecule has 0 radical (unpaired) electrons. The lowest BCUT2D eigenvalue weighted by molar-refractivity contribution is 0.0648. The standard InChI is InChI=1S/C26H29F5N4O2/c1-13(14-4-3-5-15(22(14)27)23(28)29)33-24(37)19-12-35(26(6-7-26)25(30)31)21(36)8-20(19)32-9-16-17-10-34(2)11-18(16)17/h3-5,8,12-13,16-18,23,25,32H,6-7,9-11H2,1-2H3,(H,33,37)/t13-,16-,17-,18+/m1/s1. The van der Waals surface area contributed by atoms with Gasteiger partial charge in [0.2, 0.25) is 0 Å².